The Morgan fingerprint density at radius 1 is 1.16 bits per heavy atom. The zero-order chi connectivity index (χ0) is 22.0. The van der Waals surface area contributed by atoms with E-state index in [9.17, 15) is 18.8 Å². The molecule has 2 amide bonds. The minimum atomic E-state index is -0.577. The molecule has 31 heavy (non-hydrogen) atoms. The number of anilines is 1. The first kappa shape index (κ1) is 20.2. The highest BCUT2D eigenvalue weighted by atomic mass is 19.1. The number of rotatable bonds is 4. The van der Waals surface area contributed by atoms with Crippen molar-refractivity contribution in [1.29, 1.82) is 0 Å². The van der Waals surface area contributed by atoms with Crippen LogP contribution in [-0.4, -0.2) is 21.6 Å². The molecule has 4 rings (SSSR count). The summed E-state index contributed by atoms with van der Waals surface area (Å²) in [6.45, 7) is 1.82. The molecular formula is C23H19FN4O3. The third-order valence-corrected chi connectivity index (χ3v) is 5.10. The average Bonchev–Trinajstić information content (AvgIpc) is 2.75. The van der Waals surface area contributed by atoms with E-state index in [1.165, 1.54) is 35.3 Å². The van der Waals surface area contributed by atoms with Gasteiger partial charge < -0.3 is 10.6 Å². The number of nitrogens with one attached hydrogen (secondary N) is 2. The van der Waals surface area contributed by atoms with Crippen LogP contribution in [0.15, 0.2) is 77.4 Å². The van der Waals surface area contributed by atoms with Gasteiger partial charge in [-0.15, -0.1) is 0 Å². The number of aromatic nitrogens is 2. The van der Waals surface area contributed by atoms with Gasteiger partial charge in [-0.25, -0.2) is 4.39 Å². The third-order valence-electron chi connectivity index (χ3n) is 5.10. The lowest BCUT2D eigenvalue weighted by atomic mass is 9.86. The van der Waals surface area contributed by atoms with E-state index in [0.717, 1.165) is 5.56 Å². The molecule has 1 aliphatic heterocycles. The number of halogens is 1. The number of nitrogens with zero attached hydrogens (tertiary/aromatic N) is 2. The minimum Gasteiger partial charge on any atom is -0.332 e. The Labute approximate surface area is 177 Å². The van der Waals surface area contributed by atoms with Crippen molar-refractivity contribution in [2.24, 2.45) is 0 Å². The van der Waals surface area contributed by atoms with Gasteiger partial charge in [0.2, 0.25) is 5.91 Å². The molecule has 0 saturated carbocycles. The molecule has 0 saturated heterocycles. The van der Waals surface area contributed by atoms with Gasteiger partial charge in [-0.05, 0) is 48.4 Å². The summed E-state index contributed by atoms with van der Waals surface area (Å²) in [5, 5.41) is 9.46. The topological polar surface area (TPSA) is 93.1 Å². The fourth-order valence-electron chi connectivity index (χ4n) is 3.48. The molecule has 0 unspecified atom stereocenters. The molecule has 1 aromatic heterocycles. The first-order valence-corrected chi connectivity index (χ1v) is 9.64. The van der Waals surface area contributed by atoms with Gasteiger partial charge in [-0.3, -0.25) is 14.4 Å². The van der Waals surface area contributed by atoms with Crippen LogP contribution in [0.25, 0.3) is 5.69 Å². The number of carbonyl (C=O) groups is 2. The highest BCUT2D eigenvalue weighted by Gasteiger charge is 2.29. The second-order valence-corrected chi connectivity index (χ2v) is 7.21. The van der Waals surface area contributed by atoms with Crippen molar-refractivity contribution in [3.8, 4) is 5.69 Å². The van der Waals surface area contributed by atoms with Crippen LogP contribution in [-0.2, 0) is 9.59 Å². The van der Waals surface area contributed by atoms with Gasteiger partial charge in [0.1, 0.15) is 5.82 Å². The van der Waals surface area contributed by atoms with Gasteiger partial charge in [-0.1, -0.05) is 18.2 Å². The molecule has 156 valence electrons. The Morgan fingerprint density at radius 2 is 2.00 bits per heavy atom. The number of aryl methyl sites for hydroxylation is 1. The average molecular weight is 418 g/mol. The smallest absolute Gasteiger partial charge is 0.271 e. The van der Waals surface area contributed by atoms with E-state index >= 15 is 0 Å². The van der Waals surface area contributed by atoms with E-state index in [1.807, 2.05) is 6.92 Å². The maximum atomic E-state index is 13.7. The Bertz CT molecular complexity index is 1270. The highest BCUT2D eigenvalue weighted by molar-refractivity contribution is 6.06. The van der Waals surface area contributed by atoms with Gasteiger partial charge in [0, 0.05) is 42.1 Å². The van der Waals surface area contributed by atoms with Crippen molar-refractivity contribution in [3.63, 3.8) is 0 Å². The quantitative estimate of drug-likeness (QED) is 0.681. The van der Waals surface area contributed by atoms with E-state index in [2.05, 4.69) is 15.7 Å². The summed E-state index contributed by atoms with van der Waals surface area (Å²) in [6.07, 6.45) is 2.89. The Kier molecular flexibility index (Phi) is 5.44. The summed E-state index contributed by atoms with van der Waals surface area (Å²) < 4.78 is 15.0. The number of hydrogen-bond acceptors (Lipinski definition) is 4. The van der Waals surface area contributed by atoms with Crippen LogP contribution in [0.5, 0.6) is 0 Å². The molecule has 1 aliphatic rings. The number of amides is 2. The summed E-state index contributed by atoms with van der Waals surface area (Å²) in [4.78, 5) is 37.1. The molecule has 0 aliphatic carbocycles. The van der Waals surface area contributed by atoms with Crippen molar-refractivity contribution in [2.75, 3.05) is 5.32 Å². The fraction of sp³-hybridized carbons (Fsp3) is 0.130. The van der Waals surface area contributed by atoms with Crippen LogP contribution in [0.2, 0.25) is 0 Å². The van der Waals surface area contributed by atoms with Crippen LogP contribution in [0.1, 0.15) is 23.5 Å². The van der Waals surface area contributed by atoms with E-state index in [0.29, 0.717) is 22.5 Å². The second-order valence-electron chi connectivity index (χ2n) is 7.21. The maximum absolute atomic E-state index is 13.7. The highest BCUT2D eigenvalue weighted by Crippen LogP contribution is 2.31. The Morgan fingerprint density at radius 3 is 2.77 bits per heavy atom. The summed E-state index contributed by atoms with van der Waals surface area (Å²) >= 11 is 0. The van der Waals surface area contributed by atoms with Crippen molar-refractivity contribution >= 4 is 17.5 Å². The van der Waals surface area contributed by atoms with Crippen LogP contribution in [0.3, 0.4) is 0 Å². The van der Waals surface area contributed by atoms with Crippen LogP contribution >= 0.6 is 0 Å². The zero-order valence-electron chi connectivity index (χ0n) is 16.6. The van der Waals surface area contributed by atoms with Gasteiger partial charge in [0.05, 0.1) is 5.69 Å². The summed E-state index contributed by atoms with van der Waals surface area (Å²) in [6, 6.07) is 14.0. The summed E-state index contributed by atoms with van der Waals surface area (Å²) in [7, 11) is 0. The fourth-order valence-corrected chi connectivity index (χ4v) is 3.48. The molecule has 7 nitrogen and oxygen atoms in total. The SMILES string of the molecule is Cc1ccc(-n2ncccc2=O)cc1NC(=O)C1=CNC(=O)C[C@H]1c1cccc(F)c1. The second kappa shape index (κ2) is 8.35. The van der Waals surface area contributed by atoms with E-state index in [1.54, 1.807) is 36.4 Å². The molecule has 2 heterocycles. The lowest BCUT2D eigenvalue weighted by Gasteiger charge is -2.24. The van der Waals surface area contributed by atoms with Crippen molar-refractivity contribution in [1.82, 2.24) is 15.1 Å². The molecular weight excluding hydrogens is 399 g/mol. The van der Waals surface area contributed by atoms with Crippen LogP contribution in [0, 0.1) is 12.7 Å². The molecule has 0 spiro atoms. The van der Waals surface area contributed by atoms with Gasteiger partial charge in [-0.2, -0.15) is 9.78 Å². The van der Waals surface area contributed by atoms with E-state index < -0.39 is 17.6 Å². The Balaban J connectivity index is 1.65. The first-order valence-electron chi connectivity index (χ1n) is 9.64. The van der Waals surface area contributed by atoms with E-state index in [-0.39, 0.29) is 17.9 Å². The van der Waals surface area contributed by atoms with Gasteiger partial charge in [0.15, 0.2) is 0 Å². The zero-order valence-corrected chi connectivity index (χ0v) is 16.6. The molecule has 8 heteroatoms. The molecule has 0 bridgehead atoms. The molecule has 0 fully saturated rings. The third kappa shape index (κ3) is 4.28. The molecule has 2 aromatic carbocycles. The molecule has 2 N–H and O–H groups in total. The lowest BCUT2D eigenvalue weighted by Crippen LogP contribution is -2.32. The van der Waals surface area contributed by atoms with Crippen molar-refractivity contribution in [3.05, 3.63) is 99.9 Å². The van der Waals surface area contributed by atoms with E-state index in [4.69, 9.17) is 0 Å². The predicted molar refractivity (Wildman–Crippen MR) is 113 cm³/mol. The van der Waals surface area contributed by atoms with Crippen LogP contribution in [0.4, 0.5) is 10.1 Å². The number of benzene rings is 2. The molecule has 1 atom stereocenters. The molecule has 0 radical (unpaired) electrons. The Hall–Kier alpha value is -4.07. The number of hydrogen-bond donors (Lipinski definition) is 2. The van der Waals surface area contributed by atoms with Crippen molar-refractivity contribution in [2.45, 2.75) is 19.3 Å². The number of carbonyl (C=O) groups excluding carboxylic acids is 2. The summed E-state index contributed by atoms with van der Waals surface area (Å²) in [5.74, 6) is -1.69. The van der Waals surface area contributed by atoms with Crippen LogP contribution < -0.4 is 16.2 Å². The first-order chi connectivity index (χ1) is 14.9. The summed E-state index contributed by atoms with van der Waals surface area (Å²) in [5.41, 5.74) is 2.33. The van der Waals surface area contributed by atoms with Gasteiger partial charge >= 0.3 is 0 Å². The minimum absolute atomic E-state index is 0.0328. The van der Waals surface area contributed by atoms with Gasteiger partial charge in [0.25, 0.3) is 11.5 Å². The van der Waals surface area contributed by atoms with Crippen molar-refractivity contribution < 1.29 is 14.0 Å². The largest absolute Gasteiger partial charge is 0.332 e. The lowest BCUT2D eigenvalue weighted by molar-refractivity contribution is -0.121. The molecule has 3 aromatic rings. The predicted octanol–water partition coefficient (Wildman–Crippen LogP) is 2.81. The standard InChI is InChI=1S/C23H19FN4O3/c1-14-7-8-17(28-22(30)6-3-9-26-28)11-20(14)27-23(31)19-13-25-21(29)12-18(19)15-4-2-5-16(24)10-15/h2-11,13,18H,12H2,1H3,(H,25,29)(H,27,31)/t18-/m0/s1. The maximum Gasteiger partial charge on any atom is 0.271 e. The normalized spacial score (nSPS) is 15.7. The monoisotopic (exact) mass is 418 g/mol.